The first-order valence-corrected chi connectivity index (χ1v) is 5.97. The van der Waals surface area contributed by atoms with Gasteiger partial charge >= 0.3 is 0 Å². The van der Waals surface area contributed by atoms with Gasteiger partial charge in [0.2, 0.25) is 0 Å². The van der Waals surface area contributed by atoms with Crippen molar-refractivity contribution in [2.24, 2.45) is 0 Å². The second-order valence-electron chi connectivity index (χ2n) is 4.48. The Morgan fingerprint density at radius 2 is 1.56 bits per heavy atom. The van der Waals surface area contributed by atoms with Crippen molar-refractivity contribution in [2.45, 2.75) is 25.2 Å². The summed E-state index contributed by atoms with van der Waals surface area (Å²) in [6, 6.07) is 6.97. The lowest BCUT2D eigenvalue weighted by molar-refractivity contribution is -0.198. The summed E-state index contributed by atoms with van der Waals surface area (Å²) >= 11 is 0. The van der Waals surface area contributed by atoms with E-state index < -0.39 is 6.48 Å². The smallest absolute Gasteiger partial charge is 0.263 e. The molecule has 4 nitrogen and oxygen atoms in total. The number of rotatable bonds is 1. The molecule has 0 radical (unpaired) electrons. The minimum absolute atomic E-state index is 0.137. The first-order valence-electron chi connectivity index (χ1n) is 5.97. The molecule has 2 rings (SSSR count). The number of aliphatic hydroxyl groups is 3. The van der Waals surface area contributed by atoms with Gasteiger partial charge in [-0.05, 0) is 56.6 Å². The number of halogens is 1. The van der Waals surface area contributed by atoms with E-state index in [4.69, 9.17) is 15.3 Å². The number of nitrogens with zero attached hydrogens (tertiary/aromatic N) is 1. The zero-order chi connectivity index (χ0) is 13.5. The van der Waals surface area contributed by atoms with Crippen LogP contribution in [0, 0.1) is 5.82 Å². The summed E-state index contributed by atoms with van der Waals surface area (Å²) in [6.07, 6.45) is 2.39. The highest BCUT2D eigenvalue weighted by Gasteiger charge is 2.17. The highest BCUT2D eigenvalue weighted by molar-refractivity contribution is 5.20. The molecular formula is C13H20FNO3. The van der Waals surface area contributed by atoms with E-state index in [1.165, 1.54) is 18.4 Å². The largest absolute Gasteiger partial charge is 0.346 e. The van der Waals surface area contributed by atoms with Crippen LogP contribution in [0.2, 0.25) is 0 Å². The van der Waals surface area contributed by atoms with Crippen molar-refractivity contribution in [1.82, 2.24) is 4.90 Å². The van der Waals surface area contributed by atoms with Gasteiger partial charge in [-0.2, -0.15) is 0 Å². The van der Waals surface area contributed by atoms with Crippen LogP contribution in [0.4, 0.5) is 4.39 Å². The Labute approximate surface area is 106 Å². The standard InChI is InChI=1S/C12H16FN.CH4O3/c1-14-8-6-11(7-9-14)10-2-4-12(13)5-3-10;2-1(3)4/h2-5,11H,6-9H2,1H3;1-4H. The van der Waals surface area contributed by atoms with Crippen LogP contribution in [-0.4, -0.2) is 46.8 Å². The van der Waals surface area contributed by atoms with Crippen LogP contribution in [0.5, 0.6) is 0 Å². The molecule has 5 heteroatoms. The van der Waals surface area contributed by atoms with Gasteiger partial charge in [-0.1, -0.05) is 12.1 Å². The van der Waals surface area contributed by atoms with Crippen molar-refractivity contribution in [3.05, 3.63) is 35.6 Å². The molecule has 102 valence electrons. The van der Waals surface area contributed by atoms with E-state index in [2.05, 4.69) is 11.9 Å². The Hall–Kier alpha value is -1.01. The van der Waals surface area contributed by atoms with Gasteiger partial charge in [0.05, 0.1) is 0 Å². The first kappa shape index (κ1) is 15.0. The lowest BCUT2D eigenvalue weighted by Gasteiger charge is -2.29. The molecule has 0 aliphatic carbocycles. The fourth-order valence-corrected chi connectivity index (χ4v) is 2.08. The van der Waals surface area contributed by atoms with E-state index in [9.17, 15) is 4.39 Å². The molecule has 0 aromatic heterocycles. The number of benzene rings is 1. The summed E-state index contributed by atoms with van der Waals surface area (Å²) < 4.78 is 12.7. The van der Waals surface area contributed by atoms with Crippen LogP contribution >= 0.6 is 0 Å². The number of likely N-dealkylation sites (tertiary alicyclic amines) is 1. The van der Waals surface area contributed by atoms with E-state index in [1.807, 2.05) is 12.1 Å². The third-order valence-electron chi connectivity index (χ3n) is 3.06. The molecule has 1 aliphatic rings. The maximum absolute atomic E-state index is 12.7. The Balaban J connectivity index is 0.000000357. The fraction of sp³-hybridized carbons (Fsp3) is 0.538. The van der Waals surface area contributed by atoms with E-state index in [-0.39, 0.29) is 5.82 Å². The van der Waals surface area contributed by atoms with Gasteiger partial charge in [0.15, 0.2) is 0 Å². The third kappa shape index (κ3) is 5.55. The molecule has 0 spiro atoms. The molecule has 1 fully saturated rings. The van der Waals surface area contributed by atoms with Gasteiger partial charge in [-0.25, -0.2) is 4.39 Å². The van der Waals surface area contributed by atoms with Gasteiger partial charge in [-0.15, -0.1) is 0 Å². The van der Waals surface area contributed by atoms with Crippen LogP contribution in [0.3, 0.4) is 0 Å². The highest BCUT2D eigenvalue weighted by Crippen LogP contribution is 2.27. The molecular weight excluding hydrogens is 237 g/mol. The summed E-state index contributed by atoms with van der Waals surface area (Å²) in [5.74, 6) is 0.494. The van der Waals surface area contributed by atoms with Gasteiger partial charge in [0, 0.05) is 0 Å². The molecule has 1 aliphatic heterocycles. The second-order valence-corrected chi connectivity index (χ2v) is 4.48. The summed E-state index contributed by atoms with van der Waals surface area (Å²) in [5, 5.41) is 21.5. The van der Waals surface area contributed by atoms with E-state index in [0.29, 0.717) is 5.92 Å². The van der Waals surface area contributed by atoms with Crippen molar-refractivity contribution in [3.8, 4) is 0 Å². The summed E-state index contributed by atoms with van der Waals surface area (Å²) in [7, 11) is 2.15. The summed E-state index contributed by atoms with van der Waals surface area (Å²) in [6.45, 7) is 0.143. The van der Waals surface area contributed by atoms with Crippen molar-refractivity contribution in [2.75, 3.05) is 20.1 Å². The SMILES string of the molecule is CN1CCC(c2ccc(F)cc2)CC1.OC(O)O. The molecule has 1 aromatic rings. The topological polar surface area (TPSA) is 63.9 Å². The van der Waals surface area contributed by atoms with Crippen LogP contribution in [0.25, 0.3) is 0 Å². The number of hydrogen-bond acceptors (Lipinski definition) is 4. The predicted molar refractivity (Wildman–Crippen MR) is 66.3 cm³/mol. The zero-order valence-corrected chi connectivity index (χ0v) is 10.5. The Morgan fingerprint density at radius 1 is 1.11 bits per heavy atom. The number of aliphatic hydroxyl groups excluding tert-OH is 1. The van der Waals surface area contributed by atoms with Gasteiger partial charge in [0.25, 0.3) is 6.48 Å². The molecule has 0 saturated carbocycles. The molecule has 0 bridgehead atoms. The van der Waals surface area contributed by atoms with E-state index in [1.54, 1.807) is 12.1 Å². The molecule has 1 heterocycles. The molecule has 0 atom stereocenters. The maximum atomic E-state index is 12.7. The molecule has 18 heavy (non-hydrogen) atoms. The highest BCUT2D eigenvalue weighted by atomic mass is 19.1. The average molecular weight is 257 g/mol. The summed E-state index contributed by atoms with van der Waals surface area (Å²) in [4.78, 5) is 2.35. The third-order valence-corrected chi connectivity index (χ3v) is 3.06. The molecule has 0 amide bonds. The summed E-state index contributed by atoms with van der Waals surface area (Å²) in [5.41, 5.74) is 1.29. The van der Waals surface area contributed by atoms with Crippen molar-refractivity contribution in [3.63, 3.8) is 0 Å². The Morgan fingerprint density at radius 3 is 2.00 bits per heavy atom. The zero-order valence-electron chi connectivity index (χ0n) is 10.5. The van der Waals surface area contributed by atoms with Crippen LogP contribution in [-0.2, 0) is 0 Å². The number of piperidine rings is 1. The van der Waals surface area contributed by atoms with Gasteiger partial charge in [-0.3, -0.25) is 0 Å². The predicted octanol–water partition coefficient (Wildman–Crippen LogP) is 0.882. The van der Waals surface area contributed by atoms with Crippen molar-refractivity contribution in [1.29, 1.82) is 0 Å². The monoisotopic (exact) mass is 257 g/mol. The van der Waals surface area contributed by atoms with E-state index in [0.717, 1.165) is 13.1 Å². The second kappa shape index (κ2) is 7.43. The van der Waals surface area contributed by atoms with Crippen LogP contribution in [0.15, 0.2) is 24.3 Å². The molecule has 1 saturated heterocycles. The lowest BCUT2D eigenvalue weighted by atomic mass is 9.90. The van der Waals surface area contributed by atoms with Crippen LogP contribution < -0.4 is 0 Å². The van der Waals surface area contributed by atoms with E-state index >= 15 is 0 Å². The van der Waals surface area contributed by atoms with Crippen molar-refractivity contribution >= 4 is 0 Å². The Bertz CT molecular complexity index is 332. The van der Waals surface area contributed by atoms with Crippen molar-refractivity contribution < 1.29 is 19.7 Å². The van der Waals surface area contributed by atoms with Gasteiger partial charge in [0.1, 0.15) is 5.82 Å². The Kier molecular flexibility index (Phi) is 6.21. The quantitative estimate of drug-likeness (QED) is 0.654. The van der Waals surface area contributed by atoms with Gasteiger partial charge < -0.3 is 20.2 Å². The molecule has 1 aromatic carbocycles. The van der Waals surface area contributed by atoms with Crippen LogP contribution in [0.1, 0.15) is 24.3 Å². The lowest BCUT2D eigenvalue weighted by Crippen LogP contribution is -2.29. The maximum Gasteiger partial charge on any atom is 0.263 e. The fourth-order valence-electron chi connectivity index (χ4n) is 2.08. The minimum atomic E-state index is -2.17. The first-order chi connectivity index (χ1) is 8.49. The average Bonchev–Trinajstić information content (AvgIpc) is 2.31. The normalized spacial score (nSPS) is 17.4. The minimum Gasteiger partial charge on any atom is -0.346 e. The molecule has 0 unspecified atom stereocenters. The number of hydrogen-bond donors (Lipinski definition) is 3. The molecule has 3 N–H and O–H groups in total.